The maximum absolute atomic E-state index is 14.6. The fourth-order valence-corrected chi connectivity index (χ4v) is 5.71. The molecule has 8 heteroatoms. The number of hydrogen-bond donors (Lipinski definition) is 1. The van der Waals surface area contributed by atoms with E-state index in [-0.39, 0.29) is 17.2 Å². The van der Waals surface area contributed by atoms with Crippen molar-refractivity contribution in [2.24, 2.45) is 0 Å². The SMILES string of the molecule is CC(=O)c1ccc(N2CCN(Cc3nc4sc(C)c(-c5ccc(C)cc5)c4c(=O)[nH]3)CC2)c(F)c1. The van der Waals surface area contributed by atoms with E-state index >= 15 is 0 Å². The summed E-state index contributed by atoms with van der Waals surface area (Å²) in [7, 11) is 0. The van der Waals surface area contributed by atoms with Gasteiger partial charge >= 0.3 is 0 Å². The number of carbonyl (C=O) groups excluding carboxylic acids is 1. The molecule has 5 rings (SSSR count). The van der Waals surface area contributed by atoms with E-state index in [0.717, 1.165) is 20.8 Å². The van der Waals surface area contributed by atoms with E-state index in [9.17, 15) is 14.0 Å². The molecule has 0 radical (unpaired) electrons. The number of hydrogen-bond acceptors (Lipinski definition) is 6. The van der Waals surface area contributed by atoms with Crippen molar-refractivity contribution in [1.82, 2.24) is 14.9 Å². The molecule has 0 saturated carbocycles. The zero-order chi connectivity index (χ0) is 24.7. The van der Waals surface area contributed by atoms with Crippen molar-refractivity contribution in [3.05, 3.63) is 80.5 Å². The van der Waals surface area contributed by atoms with Crippen molar-refractivity contribution >= 4 is 33.0 Å². The van der Waals surface area contributed by atoms with Gasteiger partial charge in [0.15, 0.2) is 5.78 Å². The molecular formula is C27H27FN4O2S. The Kier molecular flexibility index (Phi) is 6.25. The zero-order valence-electron chi connectivity index (χ0n) is 20.0. The normalized spacial score (nSPS) is 14.6. The summed E-state index contributed by atoms with van der Waals surface area (Å²) >= 11 is 1.55. The van der Waals surface area contributed by atoms with E-state index in [2.05, 4.69) is 22.0 Å². The van der Waals surface area contributed by atoms with Gasteiger partial charge < -0.3 is 9.88 Å². The number of aryl methyl sites for hydroxylation is 2. The van der Waals surface area contributed by atoms with Gasteiger partial charge in [-0.3, -0.25) is 14.5 Å². The van der Waals surface area contributed by atoms with E-state index < -0.39 is 0 Å². The molecule has 35 heavy (non-hydrogen) atoms. The van der Waals surface area contributed by atoms with E-state index in [1.165, 1.54) is 18.6 Å². The number of anilines is 1. The van der Waals surface area contributed by atoms with Gasteiger partial charge in [0.25, 0.3) is 5.56 Å². The number of Topliss-reactive ketones (excluding diaryl/α,β-unsaturated/α-hetero) is 1. The third-order valence-electron chi connectivity index (χ3n) is 6.57. The molecule has 1 aliphatic heterocycles. The molecule has 3 heterocycles. The van der Waals surface area contributed by atoms with Crippen LogP contribution in [0.2, 0.25) is 0 Å². The molecule has 1 aliphatic rings. The van der Waals surface area contributed by atoms with Crippen LogP contribution in [0.3, 0.4) is 0 Å². The third kappa shape index (κ3) is 4.63. The Bertz CT molecular complexity index is 1470. The number of carbonyl (C=O) groups is 1. The van der Waals surface area contributed by atoms with Gasteiger partial charge in [-0.25, -0.2) is 9.37 Å². The standard InChI is InChI=1S/C27H27FN4O2S/c1-16-4-6-19(7-5-16)24-18(3)35-27-25(24)26(34)29-23(30-27)15-31-10-12-32(13-11-31)22-9-8-20(17(2)33)14-21(22)28/h4-9,14H,10-13,15H2,1-3H3,(H,29,30,34). The Morgan fingerprint density at radius 1 is 1.09 bits per heavy atom. The summed E-state index contributed by atoms with van der Waals surface area (Å²) in [6.45, 7) is 8.77. The van der Waals surface area contributed by atoms with Crippen LogP contribution < -0.4 is 10.5 Å². The highest BCUT2D eigenvalue weighted by Crippen LogP contribution is 2.35. The van der Waals surface area contributed by atoms with Gasteiger partial charge in [-0.2, -0.15) is 0 Å². The van der Waals surface area contributed by atoms with E-state index in [1.807, 2.05) is 30.9 Å². The predicted octanol–water partition coefficient (Wildman–Crippen LogP) is 4.93. The molecule has 1 fully saturated rings. The van der Waals surface area contributed by atoms with E-state index in [1.54, 1.807) is 23.5 Å². The molecule has 1 N–H and O–H groups in total. The largest absolute Gasteiger partial charge is 0.367 e. The van der Waals surface area contributed by atoms with Crippen LogP contribution in [0.1, 0.15) is 33.5 Å². The fraction of sp³-hybridized carbons (Fsp3) is 0.296. The van der Waals surface area contributed by atoms with Gasteiger partial charge in [-0.1, -0.05) is 29.8 Å². The zero-order valence-corrected chi connectivity index (χ0v) is 20.8. The van der Waals surface area contributed by atoms with Gasteiger partial charge in [0.05, 0.1) is 17.6 Å². The number of aromatic amines is 1. The van der Waals surface area contributed by atoms with E-state index in [0.29, 0.717) is 55.2 Å². The summed E-state index contributed by atoms with van der Waals surface area (Å²) in [5, 5.41) is 0.648. The lowest BCUT2D eigenvalue weighted by Gasteiger charge is -2.36. The molecule has 0 aliphatic carbocycles. The molecule has 0 atom stereocenters. The fourth-order valence-electron chi connectivity index (χ4n) is 4.65. The summed E-state index contributed by atoms with van der Waals surface area (Å²) in [4.78, 5) is 38.4. The minimum atomic E-state index is -0.375. The van der Waals surface area contributed by atoms with Crippen LogP contribution in [0.4, 0.5) is 10.1 Å². The molecule has 180 valence electrons. The first kappa shape index (κ1) is 23.4. The Labute approximate surface area is 207 Å². The van der Waals surface area contributed by atoms with Crippen LogP contribution in [-0.2, 0) is 6.54 Å². The Hall–Kier alpha value is -3.36. The second-order valence-corrected chi connectivity index (χ2v) is 10.3. The van der Waals surface area contributed by atoms with Gasteiger partial charge in [0.2, 0.25) is 0 Å². The van der Waals surface area contributed by atoms with Crippen LogP contribution in [0.25, 0.3) is 21.3 Å². The number of nitrogens with zero attached hydrogens (tertiary/aromatic N) is 3. The molecule has 0 amide bonds. The summed E-state index contributed by atoms with van der Waals surface area (Å²) < 4.78 is 14.6. The second kappa shape index (κ2) is 9.36. The quantitative estimate of drug-likeness (QED) is 0.402. The second-order valence-electron chi connectivity index (χ2n) is 9.08. The lowest BCUT2D eigenvalue weighted by molar-refractivity contribution is 0.101. The van der Waals surface area contributed by atoms with Crippen LogP contribution >= 0.6 is 11.3 Å². The average molecular weight is 491 g/mol. The van der Waals surface area contributed by atoms with Crippen LogP contribution in [0.5, 0.6) is 0 Å². The Morgan fingerprint density at radius 3 is 2.46 bits per heavy atom. The van der Waals surface area contributed by atoms with Gasteiger partial charge in [0.1, 0.15) is 16.5 Å². The van der Waals surface area contributed by atoms with Crippen molar-refractivity contribution in [2.45, 2.75) is 27.3 Å². The number of rotatable bonds is 5. The van der Waals surface area contributed by atoms with Crippen LogP contribution in [0, 0.1) is 19.7 Å². The summed E-state index contributed by atoms with van der Waals surface area (Å²) in [6.07, 6.45) is 0. The van der Waals surface area contributed by atoms with Gasteiger partial charge in [0, 0.05) is 42.2 Å². The molecule has 4 aromatic rings. The van der Waals surface area contributed by atoms with Gasteiger partial charge in [-0.05, 0) is 44.5 Å². The number of piperazine rings is 1. The first-order chi connectivity index (χ1) is 16.8. The van der Waals surface area contributed by atoms with E-state index in [4.69, 9.17) is 4.98 Å². The molecule has 1 saturated heterocycles. The number of benzene rings is 2. The van der Waals surface area contributed by atoms with Crippen molar-refractivity contribution in [1.29, 1.82) is 0 Å². The maximum Gasteiger partial charge on any atom is 0.260 e. The van der Waals surface area contributed by atoms with Crippen molar-refractivity contribution < 1.29 is 9.18 Å². The van der Waals surface area contributed by atoms with Crippen LogP contribution in [0.15, 0.2) is 47.3 Å². The lowest BCUT2D eigenvalue weighted by Crippen LogP contribution is -2.46. The third-order valence-corrected chi connectivity index (χ3v) is 7.57. The molecule has 2 aromatic heterocycles. The topological polar surface area (TPSA) is 69.3 Å². The minimum Gasteiger partial charge on any atom is -0.367 e. The predicted molar refractivity (Wildman–Crippen MR) is 139 cm³/mol. The number of aromatic nitrogens is 2. The molecular weight excluding hydrogens is 463 g/mol. The highest BCUT2D eigenvalue weighted by molar-refractivity contribution is 7.19. The monoisotopic (exact) mass is 490 g/mol. The molecule has 0 unspecified atom stereocenters. The number of fused-ring (bicyclic) bond motifs is 1. The maximum atomic E-state index is 14.6. The van der Waals surface area contributed by atoms with Gasteiger partial charge in [-0.15, -0.1) is 11.3 Å². The molecule has 6 nitrogen and oxygen atoms in total. The highest BCUT2D eigenvalue weighted by atomic mass is 32.1. The summed E-state index contributed by atoms with van der Waals surface area (Å²) in [6, 6.07) is 12.9. The molecule has 0 bridgehead atoms. The average Bonchev–Trinajstić information content (AvgIpc) is 3.16. The number of thiophene rings is 1. The number of H-pyrrole nitrogens is 1. The highest BCUT2D eigenvalue weighted by Gasteiger charge is 2.22. The Morgan fingerprint density at radius 2 is 1.80 bits per heavy atom. The van der Waals surface area contributed by atoms with Crippen molar-refractivity contribution in [2.75, 3.05) is 31.1 Å². The smallest absolute Gasteiger partial charge is 0.260 e. The lowest BCUT2D eigenvalue weighted by atomic mass is 10.0. The first-order valence-corrected chi connectivity index (χ1v) is 12.5. The molecule has 0 spiro atoms. The first-order valence-electron chi connectivity index (χ1n) is 11.7. The number of nitrogens with one attached hydrogen (secondary N) is 1. The summed E-state index contributed by atoms with van der Waals surface area (Å²) in [5.41, 5.74) is 3.94. The van der Waals surface area contributed by atoms with Crippen LogP contribution in [-0.4, -0.2) is 46.8 Å². The number of ketones is 1. The van der Waals surface area contributed by atoms with Crippen molar-refractivity contribution in [3.8, 4) is 11.1 Å². The summed E-state index contributed by atoms with van der Waals surface area (Å²) in [5.74, 6) is 0.121. The Balaban J connectivity index is 1.32. The minimum absolute atomic E-state index is 0.115. The molecule has 2 aromatic carbocycles. The van der Waals surface area contributed by atoms with Crippen molar-refractivity contribution in [3.63, 3.8) is 0 Å². The number of halogens is 1.